The predicted molar refractivity (Wildman–Crippen MR) is 64.7 cm³/mol. The Morgan fingerprint density at radius 2 is 1.88 bits per heavy atom. The number of rotatable bonds is 3. The van der Waals surface area contributed by atoms with Crippen molar-refractivity contribution in [3.05, 3.63) is 47.8 Å². The fourth-order valence-corrected chi connectivity index (χ4v) is 1.52. The molecule has 1 heterocycles. The Bertz CT molecular complexity index is 463. The van der Waals surface area contributed by atoms with Crippen LogP contribution in [0.1, 0.15) is 18.1 Å². The van der Waals surface area contributed by atoms with Crippen molar-refractivity contribution in [2.75, 3.05) is 0 Å². The molecule has 0 aliphatic heterocycles. The summed E-state index contributed by atoms with van der Waals surface area (Å²) in [6, 6.07) is 8.01. The van der Waals surface area contributed by atoms with Gasteiger partial charge in [-0.25, -0.2) is 9.97 Å². The van der Waals surface area contributed by atoms with E-state index in [4.69, 9.17) is 5.73 Å². The van der Waals surface area contributed by atoms with Gasteiger partial charge in [0.2, 0.25) is 0 Å². The minimum atomic E-state index is 0.543. The first kappa shape index (κ1) is 10.8. The van der Waals surface area contributed by atoms with E-state index in [1.807, 2.05) is 36.7 Å². The maximum atomic E-state index is 5.60. The van der Waals surface area contributed by atoms with Crippen LogP contribution >= 0.6 is 0 Å². The SMILES string of the molecule is CCc1cnc(-c2cccc(CN)c2)nc1. The van der Waals surface area contributed by atoms with Gasteiger partial charge < -0.3 is 5.73 Å². The Balaban J connectivity index is 2.34. The summed E-state index contributed by atoms with van der Waals surface area (Å²) in [4.78, 5) is 8.69. The van der Waals surface area contributed by atoms with Gasteiger partial charge in [-0.1, -0.05) is 25.1 Å². The van der Waals surface area contributed by atoms with E-state index < -0.39 is 0 Å². The second kappa shape index (κ2) is 4.86. The normalized spacial score (nSPS) is 10.4. The average molecular weight is 213 g/mol. The van der Waals surface area contributed by atoms with Gasteiger partial charge in [0.25, 0.3) is 0 Å². The zero-order chi connectivity index (χ0) is 11.4. The Hall–Kier alpha value is -1.74. The lowest BCUT2D eigenvalue weighted by atomic mass is 10.1. The lowest BCUT2D eigenvalue weighted by Crippen LogP contribution is -1.97. The van der Waals surface area contributed by atoms with E-state index in [9.17, 15) is 0 Å². The molecule has 0 fully saturated rings. The van der Waals surface area contributed by atoms with E-state index in [0.717, 1.165) is 28.9 Å². The minimum Gasteiger partial charge on any atom is -0.326 e. The molecule has 0 atom stereocenters. The summed E-state index contributed by atoms with van der Waals surface area (Å²) in [6.07, 6.45) is 4.71. The summed E-state index contributed by atoms with van der Waals surface area (Å²) in [5.74, 6) is 0.757. The van der Waals surface area contributed by atoms with Crippen LogP contribution in [0.15, 0.2) is 36.7 Å². The van der Waals surface area contributed by atoms with Gasteiger partial charge in [0.1, 0.15) is 0 Å². The molecule has 0 radical (unpaired) electrons. The van der Waals surface area contributed by atoms with Gasteiger partial charge in [-0.05, 0) is 23.6 Å². The van der Waals surface area contributed by atoms with Crippen LogP contribution in [0, 0.1) is 0 Å². The van der Waals surface area contributed by atoms with E-state index >= 15 is 0 Å². The van der Waals surface area contributed by atoms with Gasteiger partial charge in [0, 0.05) is 24.5 Å². The molecule has 0 saturated heterocycles. The number of nitrogens with zero attached hydrogens (tertiary/aromatic N) is 2. The highest BCUT2D eigenvalue weighted by Crippen LogP contribution is 2.15. The van der Waals surface area contributed by atoms with Gasteiger partial charge in [0.15, 0.2) is 5.82 Å². The topological polar surface area (TPSA) is 51.8 Å². The third-order valence-corrected chi connectivity index (χ3v) is 2.53. The molecule has 0 unspecified atom stereocenters. The molecule has 2 rings (SSSR count). The molecular weight excluding hydrogens is 198 g/mol. The molecule has 0 spiro atoms. The summed E-state index contributed by atoms with van der Waals surface area (Å²) in [7, 11) is 0. The van der Waals surface area contributed by atoms with Crippen LogP contribution in [0.25, 0.3) is 11.4 Å². The molecule has 3 heteroatoms. The number of benzene rings is 1. The maximum absolute atomic E-state index is 5.60. The summed E-state index contributed by atoms with van der Waals surface area (Å²) in [6.45, 7) is 2.63. The fourth-order valence-electron chi connectivity index (χ4n) is 1.52. The third-order valence-electron chi connectivity index (χ3n) is 2.53. The van der Waals surface area contributed by atoms with E-state index in [1.165, 1.54) is 0 Å². The van der Waals surface area contributed by atoms with Crippen molar-refractivity contribution in [3.8, 4) is 11.4 Å². The number of nitrogens with two attached hydrogens (primary N) is 1. The number of hydrogen-bond acceptors (Lipinski definition) is 3. The summed E-state index contributed by atoms with van der Waals surface area (Å²) >= 11 is 0. The zero-order valence-electron chi connectivity index (χ0n) is 9.35. The van der Waals surface area contributed by atoms with Crippen LogP contribution in [0.5, 0.6) is 0 Å². The quantitative estimate of drug-likeness (QED) is 0.850. The third kappa shape index (κ3) is 2.25. The maximum Gasteiger partial charge on any atom is 0.159 e. The van der Waals surface area contributed by atoms with Gasteiger partial charge in [-0.3, -0.25) is 0 Å². The zero-order valence-corrected chi connectivity index (χ0v) is 9.35. The van der Waals surface area contributed by atoms with Crippen LogP contribution in [0.4, 0.5) is 0 Å². The Kier molecular flexibility index (Phi) is 3.27. The van der Waals surface area contributed by atoms with Gasteiger partial charge >= 0.3 is 0 Å². The number of aromatic nitrogens is 2. The molecule has 3 nitrogen and oxygen atoms in total. The minimum absolute atomic E-state index is 0.543. The lowest BCUT2D eigenvalue weighted by molar-refractivity contribution is 1.04. The number of aryl methyl sites for hydroxylation is 1. The Labute approximate surface area is 95.4 Å². The van der Waals surface area contributed by atoms with Gasteiger partial charge in [-0.15, -0.1) is 0 Å². The standard InChI is InChI=1S/C13H15N3/c1-2-10-8-15-13(16-9-10)12-5-3-4-11(6-12)7-14/h3-6,8-9H,2,7,14H2,1H3. The average Bonchev–Trinajstić information content (AvgIpc) is 2.39. The number of hydrogen-bond donors (Lipinski definition) is 1. The molecule has 1 aromatic carbocycles. The molecule has 82 valence electrons. The first-order valence-corrected chi connectivity index (χ1v) is 5.43. The monoisotopic (exact) mass is 213 g/mol. The van der Waals surface area contributed by atoms with Crippen LogP contribution in [-0.2, 0) is 13.0 Å². The van der Waals surface area contributed by atoms with E-state index in [0.29, 0.717) is 6.54 Å². The summed E-state index contributed by atoms with van der Waals surface area (Å²) < 4.78 is 0. The van der Waals surface area contributed by atoms with Crippen LogP contribution < -0.4 is 5.73 Å². The van der Waals surface area contributed by atoms with Crippen LogP contribution in [-0.4, -0.2) is 9.97 Å². The Morgan fingerprint density at radius 1 is 1.12 bits per heavy atom. The van der Waals surface area contributed by atoms with Gasteiger partial charge in [-0.2, -0.15) is 0 Å². The smallest absolute Gasteiger partial charge is 0.159 e. The second-order valence-electron chi connectivity index (χ2n) is 3.67. The predicted octanol–water partition coefficient (Wildman–Crippen LogP) is 2.16. The van der Waals surface area contributed by atoms with E-state index in [2.05, 4.69) is 16.9 Å². The van der Waals surface area contributed by atoms with Crippen molar-refractivity contribution in [2.45, 2.75) is 19.9 Å². The molecule has 0 bridgehead atoms. The molecule has 0 aliphatic carbocycles. The molecular formula is C13H15N3. The molecule has 0 amide bonds. The molecule has 1 aromatic heterocycles. The first-order chi connectivity index (χ1) is 7.83. The summed E-state index contributed by atoms with van der Waals surface area (Å²) in [5.41, 5.74) is 8.87. The summed E-state index contributed by atoms with van der Waals surface area (Å²) in [5, 5.41) is 0. The molecule has 2 N–H and O–H groups in total. The van der Waals surface area contributed by atoms with Crippen LogP contribution in [0.3, 0.4) is 0 Å². The fraction of sp³-hybridized carbons (Fsp3) is 0.231. The van der Waals surface area contributed by atoms with Crippen molar-refractivity contribution in [1.29, 1.82) is 0 Å². The largest absolute Gasteiger partial charge is 0.326 e. The lowest BCUT2D eigenvalue weighted by Gasteiger charge is -2.03. The molecule has 0 saturated carbocycles. The van der Waals surface area contributed by atoms with Crippen molar-refractivity contribution < 1.29 is 0 Å². The first-order valence-electron chi connectivity index (χ1n) is 5.43. The highest BCUT2D eigenvalue weighted by Gasteiger charge is 2.01. The highest BCUT2D eigenvalue weighted by molar-refractivity contribution is 5.55. The molecule has 2 aromatic rings. The van der Waals surface area contributed by atoms with Crippen molar-refractivity contribution in [3.63, 3.8) is 0 Å². The highest BCUT2D eigenvalue weighted by atomic mass is 14.9. The molecule has 0 aliphatic rings. The van der Waals surface area contributed by atoms with E-state index in [-0.39, 0.29) is 0 Å². The van der Waals surface area contributed by atoms with Crippen molar-refractivity contribution in [2.24, 2.45) is 5.73 Å². The Morgan fingerprint density at radius 3 is 2.50 bits per heavy atom. The molecule has 16 heavy (non-hydrogen) atoms. The van der Waals surface area contributed by atoms with Gasteiger partial charge in [0.05, 0.1) is 0 Å². The van der Waals surface area contributed by atoms with Crippen LogP contribution in [0.2, 0.25) is 0 Å². The van der Waals surface area contributed by atoms with Crippen molar-refractivity contribution in [1.82, 2.24) is 9.97 Å². The van der Waals surface area contributed by atoms with E-state index in [1.54, 1.807) is 0 Å². The van der Waals surface area contributed by atoms with Crippen molar-refractivity contribution >= 4 is 0 Å². The second-order valence-corrected chi connectivity index (χ2v) is 3.67.